The molecule has 2 amide bonds. The first-order valence-electron chi connectivity index (χ1n) is 9.03. The van der Waals surface area contributed by atoms with Crippen molar-refractivity contribution in [3.8, 4) is 0 Å². The fraction of sp³-hybridized carbons (Fsp3) is 0.333. The van der Waals surface area contributed by atoms with E-state index in [2.05, 4.69) is 36.5 Å². The Kier molecular flexibility index (Phi) is 4.37. The Labute approximate surface area is 153 Å². The number of anilines is 1. The van der Waals surface area contributed by atoms with Crippen LogP contribution < -0.4 is 5.32 Å². The minimum atomic E-state index is -0.296. The van der Waals surface area contributed by atoms with Crippen LogP contribution in [0, 0.1) is 6.92 Å². The summed E-state index contributed by atoms with van der Waals surface area (Å²) in [7, 11) is 0. The standard InChI is InChI=1S/C21H22N2O3/c1-14-4-2-5-15(10-14)16-6-3-9-23(12-16)21(25)22-18-7-8-19-17(11-18)13-26-20(19)24/h2,4-5,7-8,10-11,16H,3,6,9,12-13H2,1H3,(H,22,25)/t16-/m0/s1. The largest absolute Gasteiger partial charge is 0.457 e. The van der Waals surface area contributed by atoms with Crippen LogP contribution in [0.3, 0.4) is 0 Å². The van der Waals surface area contributed by atoms with Gasteiger partial charge in [-0.3, -0.25) is 0 Å². The van der Waals surface area contributed by atoms with Crippen LogP contribution in [0.2, 0.25) is 0 Å². The molecule has 2 aliphatic heterocycles. The summed E-state index contributed by atoms with van der Waals surface area (Å²) >= 11 is 0. The minimum absolute atomic E-state index is 0.0902. The number of carbonyl (C=O) groups excluding carboxylic acids is 2. The second kappa shape index (κ2) is 6.83. The summed E-state index contributed by atoms with van der Waals surface area (Å²) < 4.78 is 5.01. The number of cyclic esters (lactones) is 1. The van der Waals surface area contributed by atoms with E-state index in [0.717, 1.165) is 31.5 Å². The maximum atomic E-state index is 12.7. The van der Waals surface area contributed by atoms with Crippen LogP contribution in [0.15, 0.2) is 42.5 Å². The third-order valence-electron chi connectivity index (χ3n) is 5.16. The zero-order valence-corrected chi connectivity index (χ0v) is 14.8. The number of rotatable bonds is 2. The number of esters is 1. The van der Waals surface area contributed by atoms with Crippen molar-refractivity contribution < 1.29 is 14.3 Å². The van der Waals surface area contributed by atoms with Gasteiger partial charge in [-0.05, 0) is 43.5 Å². The van der Waals surface area contributed by atoms with Crippen molar-refractivity contribution in [2.45, 2.75) is 32.3 Å². The lowest BCUT2D eigenvalue weighted by molar-refractivity contribution is 0.0535. The molecule has 134 valence electrons. The molecule has 0 aromatic heterocycles. The van der Waals surface area contributed by atoms with Gasteiger partial charge >= 0.3 is 12.0 Å². The van der Waals surface area contributed by atoms with Gasteiger partial charge in [-0.25, -0.2) is 9.59 Å². The highest BCUT2D eigenvalue weighted by atomic mass is 16.5. The molecule has 2 aliphatic rings. The molecule has 0 bridgehead atoms. The van der Waals surface area contributed by atoms with E-state index in [9.17, 15) is 9.59 Å². The summed E-state index contributed by atoms with van der Waals surface area (Å²) in [5.41, 5.74) is 4.66. The number of amides is 2. The van der Waals surface area contributed by atoms with Gasteiger partial charge in [0.1, 0.15) is 6.61 Å². The Hall–Kier alpha value is -2.82. The summed E-state index contributed by atoms with van der Waals surface area (Å²) in [6.45, 7) is 3.86. The van der Waals surface area contributed by atoms with Crippen LogP contribution in [-0.2, 0) is 11.3 Å². The van der Waals surface area contributed by atoms with E-state index >= 15 is 0 Å². The van der Waals surface area contributed by atoms with E-state index in [-0.39, 0.29) is 18.6 Å². The monoisotopic (exact) mass is 350 g/mol. The lowest BCUT2D eigenvalue weighted by Gasteiger charge is -2.33. The molecule has 1 atom stereocenters. The van der Waals surface area contributed by atoms with Crippen LogP contribution >= 0.6 is 0 Å². The molecule has 0 aliphatic carbocycles. The number of likely N-dealkylation sites (tertiary alicyclic amines) is 1. The molecule has 2 aromatic carbocycles. The summed E-state index contributed by atoms with van der Waals surface area (Å²) in [5, 5.41) is 2.96. The fourth-order valence-corrected chi connectivity index (χ4v) is 3.77. The molecule has 26 heavy (non-hydrogen) atoms. The van der Waals surface area contributed by atoms with Gasteiger partial charge in [0.2, 0.25) is 0 Å². The average Bonchev–Trinajstić information content (AvgIpc) is 3.02. The molecular weight excluding hydrogens is 328 g/mol. The maximum absolute atomic E-state index is 12.7. The van der Waals surface area contributed by atoms with E-state index < -0.39 is 0 Å². The van der Waals surface area contributed by atoms with Crippen molar-refractivity contribution in [2.24, 2.45) is 0 Å². The Bertz CT molecular complexity index is 862. The lowest BCUT2D eigenvalue weighted by Crippen LogP contribution is -2.41. The fourth-order valence-electron chi connectivity index (χ4n) is 3.77. The molecule has 1 saturated heterocycles. The number of nitrogens with one attached hydrogen (secondary N) is 1. The van der Waals surface area contributed by atoms with Crippen LogP contribution in [-0.4, -0.2) is 30.0 Å². The molecule has 1 N–H and O–H groups in total. The van der Waals surface area contributed by atoms with Crippen molar-refractivity contribution in [1.29, 1.82) is 0 Å². The van der Waals surface area contributed by atoms with E-state index in [1.807, 2.05) is 11.0 Å². The maximum Gasteiger partial charge on any atom is 0.338 e. The Morgan fingerprint density at radius 3 is 2.96 bits per heavy atom. The quantitative estimate of drug-likeness (QED) is 0.831. The molecule has 2 aromatic rings. The van der Waals surface area contributed by atoms with Gasteiger partial charge in [-0.15, -0.1) is 0 Å². The van der Waals surface area contributed by atoms with Crippen molar-refractivity contribution in [3.63, 3.8) is 0 Å². The van der Waals surface area contributed by atoms with E-state index in [1.165, 1.54) is 11.1 Å². The molecule has 0 spiro atoms. The smallest absolute Gasteiger partial charge is 0.338 e. The highest BCUT2D eigenvalue weighted by Gasteiger charge is 2.26. The lowest BCUT2D eigenvalue weighted by atomic mass is 9.90. The first-order valence-corrected chi connectivity index (χ1v) is 9.03. The van der Waals surface area contributed by atoms with Crippen molar-refractivity contribution in [2.75, 3.05) is 18.4 Å². The Balaban J connectivity index is 1.44. The SMILES string of the molecule is Cc1cccc([C@H]2CCCN(C(=O)Nc3ccc4c(c3)COC4=O)C2)c1. The number of aryl methyl sites for hydroxylation is 1. The normalized spacial score (nSPS) is 19.0. The second-order valence-electron chi connectivity index (χ2n) is 7.08. The molecule has 4 rings (SSSR count). The van der Waals surface area contributed by atoms with Crippen LogP contribution in [0.1, 0.15) is 45.8 Å². The molecule has 0 unspecified atom stereocenters. The summed E-state index contributed by atoms with van der Waals surface area (Å²) in [6.07, 6.45) is 2.10. The number of benzene rings is 2. The highest BCUT2D eigenvalue weighted by molar-refractivity contribution is 5.95. The molecule has 0 saturated carbocycles. The number of hydrogen-bond acceptors (Lipinski definition) is 3. The van der Waals surface area contributed by atoms with Gasteiger partial charge < -0.3 is 15.0 Å². The summed E-state index contributed by atoms with van der Waals surface area (Å²) in [4.78, 5) is 26.1. The van der Waals surface area contributed by atoms with E-state index in [4.69, 9.17) is 4.74 Å². The van der Waals surface area contributed by atoms with Gasteiger partial charge in [0.25, 0.3) is 0 Å². The first kappa shape index (κ1) is 16.6. The predicted octanol–water partition coefficient (Wildman–Crippen LogP) is 4.08. The van der Waals surface area contributed by atoms with Crippen molar-refractivity contribution in [1.82, 2.24) is 4.90 Å². The predicted molar refractivity (Wildman–Crippen MR) is 99.3 cm³/mol. The summed E-state index contributed by atoms with van der Waals surface area (Å²) in [6, 6.07) is 13.7. The topological polar surface area (TPSA) is 58.6 Å². The molecular formula is C21H22N2O3. The summed E-state index contributed by atoms with van der Waals surface area (Å²) in [5.74, 6) is 0.0790. The van der Waals surface area contributed by atoms with Gasteiger partial charge in [-0.1, -0.05) is 29.8 Å². The molecule has 5 nitrogen and oxygen atoms in total. The number of carbonyl (C=O) groups is 2. The van der Waals surface area contributed by atoms with Crippen molar-refractivity contribution in [3.05, 3.63) is 64.7 Å². The van der Waals surface area contributed by atoms with Gasteiger partial charge in [0.15, 0.2) is 0 Å². The van der Waals surface area contributed by atoms with Gasteiger partial charge in [0, 0.05) is 30.3 Å². The number of urea groups is 1. The zero-order valence-electron chi connectivity index (χ0n) is 14.8. The Morgan fingerprint density at radius 1 is 1.23 bits per heavy atom. The second-order valence-corrected chi connectivity index (χ2v) is 7.08. The van der Waals surface area contributed by atoms with E-state index in [1.54, 1.807) is 12.1 Å². The Morgan fingerprint density at radius 2 is 2.12 bits per heavy atom. The van der Waals surface area contributed by atoms with Gasteiger partial charge in [0.05, 0.1) is 5.56 Å². The third kappa shape index (κ3) is 3.29. The molecule has 1 fully saturated rings. The highest BCUT2D eigenvalue weighted by Crippen LogP contribution is 2.28. The van der Waals surface area contributed by atoms with Crippen LogP contribution in [0.4, 0.5) is 10.5 Å². The van der Waals surface area contributed by atoms with E-state index in [0.29, 0.717) is 17.2 Å². The molecule has 2 heterocycles. The first-order chi connectivity index (χ1) is 12.6. The van der Waals surface area contributed by atoms with Gasteiger partial charge in [-0.2, -0.15) is 0 Å². The number of hydrogen-bond donors (Lipinski definition) is 1. The molecule has 5 heteroatoms. The minimum Gasteiger partial charge on any atom is -0.457 e. The number of fused-ring (bicyclic) bond motifs is 1. The van der Waals surface area contributed by atoms with Crippen LogP contribution in [0.25, 0.3) is 0 Å². The number of piperidine rings is 1. The third-order valence-corrected chi connectivity index (χ3v) is 5.16. The number of nitrogens with zero attached hydrogens (tertiary/aromatic N) is 1. The van der Waals surface area contributed by atoms with Crippen molar-refractivity contribution >= 4 is 17.7 Å². The average molecular weight is 350 g/mol. The molecule has 0 radical (unpaired) electrons. The number of ether oxygens (including phenoxy) is 1. The zero-order chi connectivity index (χ0) is 18.1. The van der Waals surface area contributed by atoms with Crippen LogP contribution in [0.5, 0.6) is 0 Å².